The number of rotatable bonds is 6. The van der Waals surface area contributed by atoms with Crippen LogP contribution in [0.2, 0.25) is 0 Å². The molecule has 0 saturated heterocycles. The zero-order valence-electron chi connectivity index (χ0n) is 12.9. The van der Waals surface area contributed by atoms with E-state index in [0.717, 1.165) is 11.1 Å². The van der Waals surface area contributed by atoms with Crippen LogP contribution < -0.4 is 10.6 Å². The van der Waals surface area contributed by atoms with Crippen LogP contribution in [0.1, 0.15) is 35.6 Å². The smallest absolute Gasteiger partial charge is 0.251 e. The lowest BCUT2D eigenvalue weighted by atomic mass is 10.00. The molecule has 0 aliphatic rings. The fraction of sp³-hybridized carbons (Fsp3) is 0.312. The van der Waals surface area contributed by atoms with Gasteiger partial charge in [0, 0.05) is 17.1 Å². The number of carbonyl (C=O) groups excluding carboxylic acids is 2. The fourth-order valence-corrected chi connectivity index (χ4v) is 2.86. The summed E-state index contributed by atoms with van der Waals surface area (Å²) in [7, 11) is 0. The van der Waals surface area contributed by atoms with Gasteiger partial charge in [0.2, 0.25) is 5.91 Å². The van der Waals surface area contributed by atoms with E-state index in [4.69, 9.17) is 0 Å². The lowest BCUT2D eigenvalue weighted by Crippen LogP contribution is -2.47. The van der Waals surface area contributed by atoms with Gasteiger partial charge >= 0.3 is 0 Å². The quantitative estimate of drug-likeness (QED) is 0.852. The number of amides is 2. The van der Waals surface area contributed by atoms with E-state index in [0.29, 0.717) is 6.42 Å². The van der Waals surface area contributed by atoms with Gasteiger partial charge in [-0.05, 0) is 31.5 Å². The van der Waals surface area contributed by atoms with Gasteiger partial charge in [-0.3, -0.25) is 9.59 Å². The topological polar surface area (TPSA) is 71.1 Å². The Hall–Kier alpha value is -2.28. The predicted octanol–water partition coefficient (Wildman–Crippen LogP) is 2.45. The van der Waals surface area contributed by atoms with Crippen molar-refractivity contribution in [1.82, 2.24) is 15.6 Å². The van der Waals surface area contributed by atoms with E-state index in [1.54, 1.807) is 6.20 Å². The molecule has 122 valence electrons. The summed E-state index contributed by atoms with van der Waals surface area (Å²) in [5.41, 5.74) is -0.398. The molecule has 1 unspecified atom stereocenters. The van der Waals surface area contributed by atoms with Gasteiger partial charge < -0.3 is 10.6 Å². The van der Waals surface area contributed by atoms with Gasteiger partial charge in [-0.2, -0.15) is 0 Å². The first kappa shape index (κ1) is 17.1. The van der Waals surface area contributed by atoms with Crippen LogP contribution in [0.15, 0.2) is 35.8 Å². The van der Waals surface area contributed by atoms with E-state index in [1.165, 1.54) is 29.5 Å². The summed E-state index contributed by atoms with van der Waals surface area (Å²) in [6.07, 6.45) is 2.36. The Kier molecular flexibility index (Phi) is 5.44. The molecule has 0 aliphatic heterocycles. The number of aromatic nitrogens is 1. The summed E-state index contributed by atoms with van der Waals surface area (Å²) in [6.45, 7) is 3.65. The van der Waals surface area contributed by atoms with E-state index in [9.17, 15) is 14.0 Å². The normalized spacial score (nSPS) is 13.2. The minimum Gasteiger partial charge on any atom is -0.343 e. The molecule has 23 heavy (non-hydrogen) atoms. The molecule has 0 radical (unpaired) electrons. The number of hydrogen-bond donors (Lipinski definition) is 2. The van der Waals surface area contributed by atoms with Crippen LogP contribution in [0.5, 0.6) is 0 Å². The highest BCUT2D eigenvalue weighted by molar-refractivity contribution is 7.09. The molecule has 7 heteroatoms. The average Bonchev–Trinajstić information content (AvgIpc) is 3.07. The lowest BCUT2D eigenvalue weighted by Gasteiger charge is -2.27. The summed E-state index contributed by atoms with van der Waals surface area (Å²) >= 11 is 1.46. The molecule has 1 aromatic heterocycles. The Morgan fingerprint density at radius 2 is 2.17 bits per heavy atom. The maximum atomic E-state index is 13.1. The Bertz CT molecular complexity index is 690. The maximum Gasteiger partial charge on any atom is 0.251 e. The Balaban J connectivity index is 1.93. The van der Waals surface area contributed by atoms with Gasteiger partial charge in [-0.15, -0.1) is 11.3 Å². The molecule has 0 saturated carbocycles. The fourth-order valence-electron chi connectivity index (χ4n) is 2.03. The van der Waals surface area contributed by atoms with Gasteiger partial charge in [-0.25, -0.2) is 9.37 Å². The molecule has 1 atom stereocenters. The highest BCUT2D eigenvalue weighted by Crippen LogP contribution is 2.25. The summed E-state index contributed by atoms with van der Waals surface area (Å²) < 4.78 is 13.1. The van der Waals surface area contributed by atoms with Gasteiger partial charge in [0.15, 0.2) is 0 Å². The Labute approximate surface area is 137 Å². The molecular formula is C16H18FN3O2S. The highest BCUT2D eigenvalue weighted by atomic mass is 32.1. The van der Waals surface area contributed by atoms with Crippen LogP contribution in [0, 0.1) is 5.82 Å². The van der Waals surface area contributed by atoms with Crippen molar-refractivity contribution in [2.75, 3.05) is 6.54 Å². The van der Waals surface area contributed by atoms with Crippen molar-refractivity contribution in [2.45, 2.75) is 25.8 Å². The third-order valence-corrected chi connectivity index (χ3v) is 4.56. The van der Waals surface area contributed by atoms with E-state index >= 15 is 0 Å². The number of thiazole rings is 1. The third kappa shape index (κ3) is 4.35. The minimum absolute atomic E-state index is 0.177. The van der Waals surface area contributed by atoms with Gasteiger partial charge in [0.25, 0.3) is 5.91 Å². The largest absolute Gasteiger partial charge is 0.343 e. The molecule has 1 heterocycles. The number of nitrogens with zero attached hydrogens (tertiary/aromatic N) is 1. The van der Waals surface area contributed by atoms with Crippen molar-refractivity contribution in [2.24, 2.45) is 0 Å². The summed E-state index contributed by atoms with van der Waals surface area (Å²) in [6, 6.07) is 5.31. The zero-order chi connectivity index (χ0) is 16.9. The van der Waals surface area contributed by atoms with Crippen molar-refractivity contribution < 1.29 is 14.0 Å². The van der Waals surface area contributed by atoms with E-state index in [1.807, 2.05) is 19.2 Å². The van der Waals surface area contributed by atoms with Crippen molar-refractivity contribution in [3.05, 3.63) is 52.2 Å². The van der Waals surface area contributed by atoms with Gasteiger partial charge in [-0.1, -0.05) is 13.0 Å². The van der Waals surface area contributed by atoms with Crippen molar-refractivity contribution >= 4 is 23.2 Å². The second-order valence-electron chi connectivity index (χ2n) is 5.26. The number of hydrogen-bond acceptors (Lipinski definition) is 4. The van der Waals surface area contributed by atoms with Crippen LogP contribution >= 0.6 is 11.3 Å². The predicted molar refractivity (Wildman–Crippen MR) is 86.6 cm³/mol. The first-order chi connectivity index (χ1) is 10.9. The lowest BCUT2D eigenvalue weighted by molar-refractivity contribution is -0.122. The monoisotopic (exact) mass is 335 g/mol. The van der Waals surface area contributed by atoms with Crippen LogP contribution in [0.25, 0.3) is 0 Å². The molecule has 2 amide bonds. The van der Waals surface area contributed by atoms with Gasteiger partial charge in [0.05, 0.1) is 12.1 Å². The zero-order valence-corrected chi connectivity index (χ0v) is 13.7. The van der Waals surface area contributed by atoms with Crippen molar-refractivity contribution in [1.29, 1.82) is 0 Å². The molecule has 2 N–H and O–H groups in total. The van der Waals surface area contributed by atoms with Crippen LogP contribution in [-0.2, 0) is 10.3 Å². The second-order valence-corrected chi connectivity index (χ2v) is 6.16. The molecule has 5 nitrogen and oxygen atoms in total. The summed E-state index contributed by atoms with van der Waals surface area (Å²) in [4.78, 5) is 28.2. The van der Waals surface area contributed by atoms with Crippen molar-refractivity contribution in [3.8, 4) is 0 Å². The SMILES string of the molecule is CCC(C)(NC(=O)CNC(=O)c1cccc(F)c1)c1nccs1. The first-order valence-electron chi connectivity index (χ1n) is 7.19. The Morgan fingerprint density at radius 3 is 2.78 bits per heavy atom. The van der Waals surface area contributed by atoms with Crippen LogP contribution in [0.4, 0.5) is 4.39 Å². The number of halogens is 1. The standard InChI is InChI=1S/C16H18FN3O2S/c1-3-16(2,15-18-7-8-23-15)20-13(21)10-19-14(22)11-5-4-6-12(17)9-11/h4-9H,3,10H2,1-2H3,(H,19,22)(H,20,21). The first-order valence-corrected chi connectivity index (χ1v) is 8.07. The molecule has 2 aromatic rings. The van der Waals surface area contributed by atoms with Crippen LogP contribution in [-0.4, -0.2) is 23.3 Å². The van der Waals surface area contributed by atoms with E-state index in [2.05, 4.69) is 15.6 Å². The van der Waals surface area contributed by atoms with Gasteiger partial charge in [0.1, 0.15) is 10.8 Å². The van der Waals surface area contributed by atoms with E-state index < -0.39 is 17.3 Å². The molecule has 0 bridgehead atoms. The Morgan fingerprint density at radius 1 is 1.39 bits per heavy atom. The molecule has 2 rings (SSSR count). The summed E-state index contributed by atoms with van der Waals surface area (Å²) in [5, 5.41) is 8.03. The molecule has 0 spiro atoms. The molecule has 0 aliphatic carbocycles. The third-order valence-electron chi connectivity index (χ3n) is 3.52. The number of nitrogens with one attached hydrogen (secondary N) is 2. The summed E-state index contributed by atoms with van der Waals surface area (Å²) in [5.74, 6) is -1.31. The molecule has 0 fully saturated rings. The molecule has 1 aromatic carbocycles. The van der Waals surface area contributed by atoms with Crippen molar-refractivity contribution in [3.63, 3.8) is 0 Å². The molecular weight excluding hydrogens is 317 g/mol. The maximum absolute atomic E-state index is 13.1. The number of carbonyl (C=O) groups is 2. The number of benzene rings is 1. The van der Waals surface area contributed by atoms with E-state index in [-0.39, 0.29) is 18.0 Å². The second kappa shape index (κ2) is 7.32. The average molecular weight is 335 g/mol. The highest BCUT2D eigenvalue weighted by Gasteiger charge is 2.29. The van der Waals surface area contributed by atoms with Crippen LogP contribution in [0.3, 0.4) is 0 Å². The minimum atomic E-state index is -0.575.